The third-order valence-corrected chi connectivity index (χ3v) is 4.74. The van der Waals surface area contributed by atoms with E-state index < -0.39 is 16.8 Å². The fourth-order valence-corrected chi connectivity index (χ4v) is 3.14. The average Bonchev–Trinajstić information content (AvgIpc) is 2.58. The van der Waals surface area contributed by atoms with Crippen molar-refractivity contribution in [1.29, 1.82) is 0 Å². The molecule has 0 fully saturated rings. The molecule has 136 valence electrons. The highest BCUT2D eigenvalue weighted by Crippen LogP contribution is 2.23. The SMILES string of the molecule is CCCCN(C(=O)C(Cl)Cl)C(C)c1nc2ccc(Cl)cc2c(=O)n1C. The van der Waals surface area contributed by atoms with Gasteiger partial charge in [0, 0.05) is 18.6 Å². The van der Waals surface area contributed by atoms with Crippen LogP contribution >= 0.6 is 34.8 Å². The van der Waals surface area contributed by atoms with Crippen LogP contribution in [-0.4, -0.2) is 31.7 Å². The van der Waals surface area contributed by atoms with Crippen LogP contribution in [0, 0.1) is 0 Å². The molecule has 0 aliphatic carbocycles. The Hall–Kier alpha value is -1.30. The quantitative estimate of drug-likeness (QED) is 0.682. The predicted octanol–water partition coefficient (Wildman–Crippen LogP) is 4.08. The van der Waals surface area contributed by atoms with Crippen LogP contribution in [-0.2, 0) is 11.8 Å². The fourth-order valence-electron chi connectivity index (χ4n) is 2.72. The van der Waals surface area contributed by atoms with E-state index in [0.29, 0.717) is 28.3 Å². The predicted molar refractivity (Wildman–Crippen MR) is 103 cm³/mol. The second-order valence-corrected chi connectivity index (χ2v) is 7.39. The summed E-state index contributed by atoms with van der Waals surface area (Å²) in [5, 5.41) is 0.906. The third-order valence-electron chi connectivity index (χ3n) is 4.14. The van der Waals surface area contributed by atoms with E-state index in [9.17, 15) is 9.59 Å². The van der Waals surface area contributed by atoms with E-state index in [-0.39, 0.29) is 5.56 Å². The van der Waals surface area contributed by atoms with Gasteiger partial charge in [-0.3, -0.25) is 14.2 Å². The smallest absolute Gasteiger partial charge is 0.261 e. The standard InChI is InChI=1S/C17H20Cl3N3O2/c1-4-5-8-23(17(25)14(19)20)10(2)15-21-13-7-6-11(18)9-12(13)16(24)22(15)3/h6-7,9-10,14H,4-5,8H2,1-3H3. The van der Waals surface area contributed by atoms with Crippen LogP contribution in [0.5, 0.6) is 0 Å². The van der Waals surface area contributed by atoms with Crippen LogP contribution < -0.4 is 5.56 Å². The van der Waals surface area contributed by atoms with Gasteiger partial charge >= 0.3 is 0 Å². The second-order valence-electron chi connectivity index (χ2n) is 5.86. The lowest BCUT2D eigenvalue weighted by molar-refractivity contribution is -0.131. The molecule has 1 amide bonds. The first-order valence-electron chi connectivity index (χ1n) is 8.02. The number of aromatic nitrogens is 2. The van der Waals surface area contributed by atoms with Crippen molar-refractivity contribution in [3.05, 3.63) is 39.4 Å². The van der Waals surface area contributed by atoms with Crippen molar-refractivity contribution >= 4 is 51.6 Å². The van der Waals surface area contributed by atoms with Crippen molar-refractivity contribution in [3.63, 3.8) is 0 Å². The van der Waals surface area contributed by atoms with E-state index in [1.54, 1.807) is 30.1 Å². The Labute approximate surface area is 161 Å². The van der Waals surface area contributed by atoms with Gasteiger partial charge in [-0.2, -0.15) is 0 Å². The van der Waals surface area contributed by atoms with Gasteiger partial charge < -0.3 is 4.90 Å². The third kappa shape index (κ3) is 4.27. The molecular weight excluding hydrogens is 385 g/mol. The van der Waals surface area contributed by atoms with E-state index in [2.05, 4.69) is 4.98 Å². The van der Waals surface area contributed by atoms with Crippen LogP contribution in [0.3, 0.4) is 0 Å². The first kappa shape index (κ1) is 20.0. The first-order chi connectivity index (χ1) is 11.8. The molecule has 0 N–H and O–H groups in total. The highest BCUT2D eigenvalue weighted by molar-refractivity contribution is 6.53. The monoisotopic (exact) mass is 403 g/mol. The summed E-state index contributed by atoms with van der Waals surface area (Å²) >= 11 is 17.5. The molecule has 1 unspecified atom stereocenters. The number of fused-ring (bicyclic) bond motifs is 1. The number of nitrogens with zero attached hydrogens (tertiary/aromatic N) is 3. The van der Waals surface area contributed by atoms with Gasteiger partial charge in [0.1, 0.15) is 5.82 Å². The molecule has 8 heteroatoms. The van der Waals surface area contributed by atoms with Gasteiger partial charge in [0.15, 0.2) is 4.84 Å². The summed E-state index contributed by atoms with van der Waals surface area (Å²) < 4.78 is 1.44. The number of hydrogen-bond donors (Lipinski definition) is 0. The number of carbonyl (C=O) groups excluding carboxylic acids is 1. The molecule has 1 aromatic carbocycles. The van der Waals surface area contributed by atoms with E-state index in [1.165, 1.54) is 4.57 Å². The zero-order valence-electron chi connectivity index (χ0n) is 14.3. The molecule has 0 bridgehead atoms. The Morgan fingerprint density at radius 1 is 1.36 bits per heavy atom. The molecule has 0 spiro atoms. The molecule has 0 saturated heterocycles. The Bertz CT molecular complexity index is 836. The van der Waals surface area contributed by atoms with Gasteiger partial charge in [0.05, 0.1) is 16.9 Å². The summed E-state index contributed by atoms with van der Waals surface area (Å²) in [7, 11) is 1.63. The van der Waals surface area contributed by atoms with Gasteiger partial charge in [0.25, 0.3) is 11.5 Å². The number of hydrogen-bond acceptors (Lipinski definition) is 3. The number of unbranched alkanes of at least 4 members (excludes halogenated alkanes) is 1. The second kappa shape index (κ2) is 8.39. The summed E-state index contributed by atoms with van der Waals surface area (Å²) in [5.41, 5.74) is 0.316. The molecule has 0 saturated carbocycles. The number of benzene rings is 1. The van der Waals surface area contributed by atoms with Crippen molar-refractivity contribution in [2.24, 2.45) is 7.05 Å². The van der Waals surface area contributed by atoms with Crippen LogP contribution in [0.4, 0.5) is 0 Å². The minimum absolute atomic E-state index is 0.217. The van der Waals surface area contributed by atoms with Crippen LogP contribution in [0.2, 0.25) is 5.02 Å². The highest BCUT2D eigenvalue weighted by atomic mass is 35.5. The van der Waals surface area contributed by atoms with E-state index in [4.69, 9.17) is 34.8 Å². The van der Waals surface area contributed by atoms with Gasteiger partial charge in [-0.15, -0.1) is 0 Å². The molecule has 25 heavy (non-hydrogen) atoms. The lowest BCUT2D eigenvalue weighted by Crippen LogP contribution is -2.40. The number of rotatable bonds is 6. The van der Waals surface area contributed by atoms with Crippen molar-refractivity contribution in [2.45, 2.75) is 37.6 Å². The first-order valence-corrected chi connectivity index (χ1v) is 9.27. The normalized spacial score (nSPS) is 12.6. The van der Waals surface area contributed by atoms with Crippen LogP contribution in [0.15, 0.2) is 23.0 Å². The van der Waals surface area contributed by atoms with Crippen molar-refractivity contribution in [1.82, 2.24) is 14.5 Å². The average molecular weight is 405 g/mol. The Kier molecular flexibility index (Phi) is 6.72. The van der Waals surface area contributed by atoms with Gasteiger partial charge in [-0.25, -0.2) is 4.98 Å². The number of carbonyl (C=O) groups is 1. The molecule has 5 nitrogen and oxygen atoms in total. The molecule has 1 aromatic heterocycles. The number of alkyl halides is 2. The maximum Gasteiger partial charge on any atom is 0.261 e. The van der Waals surface area contributed by atoms with Crippen LogP contribution in [0.25, 0.3) is 10.9 Å². The van der Waals surface area contributed by atoms with Gasteiger partial charge in [0.2, 0.25) is 0 Å². The van der Waals surface area contributed by atoms with Crippen molar-refractivity contribution in [2.75, 3.05) is 6.54 Å². The molecule has 0 radical (unpaired) electrons. The lowest BCUT2D eigenvalue weighted by atomic mass is 10.2. The van der Waals surface area contributed by atoms with Gasteiger partial charge in [-0.05, 0) is 31.5 Å². The maximum absolute atomic E-state index is 12.7. The Morgan fingerprint density at radius 2 is 2.04 bits per heavy atom. The summed E-state index contributed by atoms with van der Waals surface area (Å²) in [6.45, 7) is 4.33. The van der Waals surface area contributed by atoms with E-state index >= 15 is 0 Å². The molecule has 2 aromatic rings. The Morgan fingerprint density at radius 3 is 2.64 bits per heavy atom. The molecule has 1 atom stereocenters. The van der Waals surface area contributed by atoms with Gasteiger partial charge in [-0.1, -0.05) is 48.1 Å². The molecule has 1 heterocycles. The zero-order valence-corrected chi connectivity index (χ0v) is 16.6. The minimum Gasteiger partial charge on any atom is -0.330 e. The Balaban J connectivity index is 2.54. The number of amides is 1. The minimum atomic E-state index is -1.16. The summed E-state index contributed by atoms with van der Waals surface area (Å²) in [5.74, 6) is 0.0768. The summed E-state index contributed by atoms with van der Waals surface area (Å²) in [6, 6.07) is 4.52. The summed E-state index contributed by atoms with van der Waals surface area (Å²) in [4.78, 5) is 30.0. The molecule has 0 aliphatic rings. The van der Waals surface area contributed by atoms with Crippen LogP contribution in [0.1, 0.15) is 38.6 Å². The maximum atomic E-state index is 12.7. The molecule has 2 rings (SSSR count). The molecule has 0 aliphatic heterocycles. The van der Waals surface area contributed by atoms with E-state index in [0.717, 1.165) is 12.8 Å². The fraction of sp³-hybridized carbons (Fsp3) is 0.471. The molecular formula is C17H20Cl3N3O2. The largest absolute Gasteiger partial charge is 0.330 e. The van der Waals surface area contributed by atoms with Crippen molar-refractivity contribution in [3.8, 4) is 0 Å². The van der Waals surface area contributed by atoms with Crippen molar-refractivity contribution < 1.29 is 4.79 Å². The topological polar surface area (TPSA) is 55.2 Å². The van der Waals surface area contributed by atoms with E-state index in [1.807, 2.05) is 13.8 Å². The highest BCUT2D eigenvalue weighted by Gasteiger charge is 2.28. The lowest BCUT2D eigenvalue weighted by Gasteiger charge is -2.30. The summed E-state index contributed by atoms with van der Waals surface area (Å²) in [6.07, 6.45) is 1.71. The number of halogens is 3. The zero-order chi connectivity index (χ0) is 18.7.